The van der Waals surface area contributed by atoms with Gasteiger partial charge in [-0.25, -0.2) is 14.5 Å². The molecule has 0 N–H and O–H groups in total. The van der Waals surface area contributed by atoms with Crippen LogP contribution in [0.3, 0.4) is 0 Å². The van der Waals surface area contributed by atoms with Crippen molar-refractivity contribution in [2.45, 2.75) is 19.1 Å². The number of imide groups is 1. The molecule has 0 radical (unpaired) electrons. The van der Waals surface area contributed by atoms with Crippen molar-refractivity contribution in [1.82, 2.24) is 4.90 Å². The standard InChI is InChI=1S/C19H17NO5/c1-2-24-18(22)15-16(13-9-5-3-6-10-13)25-19(23)20(15)17(21)14-11-7-4-8-12-14/h3-12,15-16H,2H2,1H3/t15-,16+/m1/s1. The van der Waals surface area contributed by atoms with Crippen LogP contribution in [-0.2, 0) is 14.3 Å². The van der Waals surface area contributed by atoms with Crippen LogP contribution in [-0.4, -0.2) is 35.5 Å². The van der Waals surface area contributed by atoms with Crippen LogP contribution in [0.4, 0.5) is 4.79 Å². The monoisotopic (exact) mass is 339 g/mol. The van der Waals surface area contributed by atoms with Crippen molar-refractivity contribution in [3.63, 3.8) is 0 Å². The molecular weight excluding hydrogens is 322 g/mol. The van der Waals surface area contributed by atoms with E-state index in [1.54, 1.807) is 61.5 Å². The Morgan fingerprint density at radius 3 is 2.24 bits per heavy atom. The van der Waals surface area contributed by atoms with Crippen LogP contribution in [0.1, 0.15) is 28.9 Å². The lowest BCUT2D eigenvalue weighted by atomic mass is 10.0. The topological polar surface area (TPSA) is 72.9 Å². The van der Waals surface area contributed by atoms with Gasteiger partial charge in [0, 0.05) is 5.56 Å². The number of ether oxygens (including phenoxy) is 2. The number of carbonyl (C=O) groups is 3. The SMILES string of the molecule is CCOC(=O)[C@H]1[C@H](c2ccccc2)OC(=O)N1C(=O)c1ccccc1. The van der Waals surface area contributed by atoms with E-state index >= 15 is 0 Å². The van der Waals surface area contributed by atoms with Crippen molar-refractivity contribution in [2.75, 3.05) is 6.61 Å². The largest absolute Gasteiger partial charge is 0.464 e. The zero-order valence-corrected chi connectivity index (χ0v) is 13.6. The van der Waals surface area contributed by atoms with E-state index in [-0.39, 0.29) is 6.61 Å². The quantitative estimate of drug-likeness (QED) is 0.801. The highest BCUT2D eigenvalue weighted by Gasteiger charge is 2.51. The summed E-state index contributed by atoms with van der Waals surface area (Å²) in [5.74, 6) is -1.27. The summed E-state index contributed by atoms with van der Waals surface area (Å²) in [6.45, 7) is 1.80. The third-order valence-corrected chi connectivity index (χ3v) is 3.89. The molecule has 1 aliphatic heterocycles. The van der Waals surface area contributed by atoms with Gasteiger partial charge in [0.1, 0.15) is 0 Å². The number of nitrogens with zero attached hydrogens (tertiary/aromatic N) is 1. The van der Waals surface area contributed by atoms with Crippen molar-refractivity contribution in [1.29, 1.82) is 0 Å². The van der Waals surface area contributed by atoms with Gasteiger partial charge < -0.3 is 9.47 Å². The van der Waals surface area contributed by atoms with Gasteiger partial charge >= 0.3 is 12.1 Å². The molecule has 128 valence electrons. The predicted octanol–water partition coefficient (Wildman–Crippen LogP) is 2.95. The van der Waals surface area contributed by atoms with Crippen LogP contribution in [0.25, 0.3) is 0 Å². The molecule has 0 unspecified atom stereocenters. The minimum atomic E-state index is -1.16. The Kier molecular flexibility index (Phi) is 4.79. The van der Waals surface area contributed by atoms with Gasteiger partial charge in [-0.15, -0.1) is 0 Å². The maximum Gasteiger partial charge on any atom is 0.418 e. The first-order valence-corrected chi connectivity index (χ1v) is 7.94. The third-order valence-electron chi connectivity index (χ3n) is 3.89. The average molecular weight is 339 g/mol. The maximum absolute atomic E-state index is 12.8. The maximum atomic E-state index is 12.8. The smallest absolute Gasteiger partial charge is 0.418 e. The van der Waals surface area contributed by atoms with Crippen molar-refractivity contribution in [3.8, 4) is 0 Å². The zero-order chi connectivity index (χ0) is 17.8. The molecule has 2 aromatic carbocycles. The van der Waals surface area contributed by atoms with Gasteiger partial charge in [-0.3, -0.25) is 4.79 Å². The highest BCUT2D eigenvalue weighted by atomic mass is 16.6. The van der Waals surface area contributed by atoms with E-state index in [2.05, 4.69) is 0 Å². The van der Waals surface area contributed by atoms with E-state index in [0.29, 0.717) is 11.1 Å². The molecule has 2 aromatic rings. The van der Waals surface area contributed by atoms with E-state index in [0.717, 1.165) is 4.90 Å². The van der Waals surface area contributed by atoms with Gasteiger partial charge in [0.2, 0.25) is 0 Å². The minimum absolute atomic E-state index is 0.137. The normalized spacial score (nSPS) is 19.4. The van der Waals surface area contributed by atoms with Gasteiger partial charge in [-0.05, 0) is 24.6 Å². The molecule has 2 atom stereocenters. The van der Waals surface area contributed by atoms with E-state index in [4.69, 9.17) is 9.47 Å². The van der Waals surface area contributed by atoms with Crippen LogP contribution in [0, 0.1) is 0 Å². The Hall–Kier alpha value is -3.15. The summed E-state index contributed by atoms with van der Waals surface area (Å²) < 4.78 is 10.4. The Bertz CT molecular complexity index is 775. The summed E-state index contributed by atoms with van der Waals surface area (Å²) in [5.41, 5.74) is 0.916. The first-order chi connectivity index (χ1) is 12.1. The molecular formula is C19H17NO5. The Morgan fingerprint density at radius 2 is 1.64 bits per heavy atom. The van der Waals surface area contributed by atoms with Crippen molar-refractivity contribution >= 4 is 18.0 Å². The molecule has 0 spiro atoms. The highest BCUT2D eigenvalue weighted by molar-refractivity contribution is 6.07. The van der Waals surface area contributed by atoms with Crippen LogP contribution in [0.2, 0.25) is 0 Å². The van der Waals surface area contributed by atoms with Crippen LogP contribution in [0.15, 0.2) is 60.7 Å². The summed E-state index contributed by atoms with van der Waals surface area (Å²) in [7, 11) is 0. The molecule has 6 heteroatoms. The predicted molar refractivity (Wildman–Crippen MR) is 88.7 cm³/mol. The average Bonchev–Trinajstić information content (AvgIpc) is 3.00. The number of amides is 2. The van der Waals surface area contributed by atoms with Gasteiger partial charge in [0.25, 0.3) is 5.91 Å². The second-order valence-corrected chi connectivity index (χ2v) is 5.45. The van der Waals surface area contributed by atoms with Crippen molar-refractivity contribution < 1.29 is 23.9 Å². The lowest BCUT2D eigenvalue weighted by Crippen LogP contribution is -2.45. The summed E-state index contributed by atoms with van der Waals surface area (Å²) in [4.78, 5) is 38.4. The lowest BCUT2D eigenvalue weighted by molar-refractivity contribution is -0.148. The second kappa shape index (κ2) is 7.17. The van der Waals surface area contributed by atoms with Gasteiger partial charge in [0.15, 0.2) is 12.1 Å². The number of hydrogen-bond donors (Lipinski definition) is 0. The Morgan fingerprint density at radius 1 is 1.04 bits per heavy atom. The molecule has 2 amide bonds. The molecule has 1 aliphatic rings. The first kappa shape index (κ1) is 16.7. The second-order valence-electron chi connectivity index (χ2n) is 5.45. The number of benzene rings is 2. The molecule has 3 rings (SSSR count). The summed E-state index contributed by atoms with van der Waals surface area (Å²) >= 11 is 0. The number of esters is 1. The molecule has 1 fully saturated rings. The molecule has 0 aliphatic carbocycles. The van der Waals surface area contributed by atoms with Gasteiger partial charge in [-0.2, -0.15) is 0 Å². The highest BCUT2D eigenvalue weighted by Crippen LogP contribution is 2.34. The minimum Gasteiger partial charge on any atom is -0.464 e. The molecule has 6 nitrogen and oxygen atoms in total. The van der Waals surface area contributed by atoms with Gasteiger partial charge in [0.05, 0.1) is 6.61 Å². The molecule has 25 heavy (non-hydrogen) atoms. The molecule has 1 saturated heterocycles. The fourth-order valence-electron chi connectivity index (χ4n) is 2.76. The third kappa shape index (κ3) is 3.24. The summed E-state index contributed by atoms with van der Waals surface area (Å²) in [6, 6.07) is 15.9. The number of cyclic esters (lactones) is 1. The van der Waals surface area contributed by atoms with Crippen LogP contribution < -0.4 is 0 Å². The molecule has 1 heterocycles. The van der Waals surface area contributed by atoms with Gasteiger partial charge in [-0.1, -0.05) is 48.5 Å². The number of carbonyl (C=O) groups excluding carboxylic acids is 3. The summed E-state index contributed by atoms with van der Waals surface area (Å²) in [5, 5.41) is 0. The van der Waals surface area contributed by atoms with E-state index < -0.39 is 30.1 Å². The molecule has 0 saturated carbocycles. The summed E-state index contributed by atoms with van der Waals surface area (Å²) in [6.07, 6.45) is -1.76. The van der Waals surface area contributed by atoms with Crippen LogP contribution >= 0.6 is 0 Å². The van der Waals surface area contributed by atoms with E-state index in [1.807, 2.05) is 6.07 Å². The molecule has 0 bridgehead atoms. The first-order valence-electron chi connectivity index (χ1n) is 7.94. The number of hydrogen-bond acceptors (Lipinski definition) is 5. The Labute approximate surface area is 145 Å². The number of rotatable bonds is 4. The zero-order valence-electron chi connectivity index (χ0n) is 13.6. The van der Waals surface area contributed by atoms with Crippen molar-refractivity contribution in [2.24, 2.45) is 0 Å². The van der Waals surface area contributed by atoms with Crippen LogP contribution in [0.5, 0.6) is 0 Å². The lowest BCUT2D eigenvalue weighted by Gasteiger charge is -2.21. The fraction of sp³-hybridized carbons (Fsp3) is 0.211. The van der Waals surface area contributed by atoms with E-state index in [1.165, 1.54) is 0 Å². The molecule has 0 aromatic heterocycles. The van der Waals surface area contributed by atoms with Crippen molar-refractivity contribution in [3.05, 3.63) is 71.8 Å². The fourth-order valence-corrected chi connectivity index (χ4v) is 2.76. The van der Waals surface area contributed by atoms with E-state index in [9.17, 15) is 14.4 Å². The Balaban J connectivity index is 1.99.